The van der Waals surface area contributed by atoms with Crippen molar-refractivity contribution in [2.75, 3.05) is 24.6 Å². The fraction of sp³-hybridized carbons (Fsp3) is 0.909. The molecule has 0 aliphatic carbocycles. The molecule has 0 aromatic heterocycles. The molecule has 0 saturated carbocycles. The van der Waals surface area contributed by atoms with Gasteiger partial charge in [0.05, 0.1) is 0 Å². The Balaban J connectivity index is 2.37. The zero-order chi connectivity index (χ0) is 11.3. The molecule has 1 amide bonds. The van der Waals surface area contributed by atoms with Crippen LogP contribution in [0.2, 0.25) is 0 Å². The molecule has 1 rings (SSSR count). The molecule has 0 aromatic rings. The molecular weight excluding hydrogens is 208 g/mol. The first-order valence-electron chi connectivity index (χ1n) is 5.72. The number of carbonyl (C=O) groups is 1. The van der Waals surface area contributed by atoms with Crippen LogP contribution in [0.5, 0.6) is 0 Å². The molecule has 0 bridgehead atoms. The fourth-order valence-electron chi connectivity index (χ4n) is 1.56. The lowest BCUT2D eigenvalue weighted by molar-refractivity contribution is -0.131. The standard InChI is InChI=1S/C11H22N2OS/c1-9(2)10(12)8-11(14)13-4-3-6-15-7-5-13/h9-10H,3-8,12H2,1-2H3. The van der Waals surface area contributed by atoms with Gasteiger partial charge < -0.3 is 10.6 Å². The van der Waals surface area contributed by atoms with E-state index in [1.165, 1.54) is 5.75 Å². The average Bonchev–Trinajstić information content (AvgIpc) is 2.45. The first-order valence-corrected chi connectivity index (χ1v) is 6.88. The molecule has 4 heteroatoms. The summed E-state index contributed by atoms with van der Waals surface area (Å²) >= 11 is 1.94. The Bertz CT molecular complexity index is 201. The van der Waals surface area contributed by atoms with E-state index in [0.29, 0.717) is 12.3 Å². The summed E-state index contributed by atoms with van der Waals surface area (Å²) in [6, 6.07) is 0.00778. The molecule has 15 heavy (non-hydrogen) atoms. The molecule has 3 nitrogen and oxygen atoms in total. The van der Waals surface area contributed by atoms with Gasteiger partial charge in [-0.1, -0.05) is 13.8 Å². The summed E-state index contributed by atoms with van der Waals surface area (Å²) in [6.45, 7) is 5.94. The first kappa shape index (κ1) is 12.8. The number of thioether (sulfide) groups is 1. The number of nitrogens with two attached hydrogens (primary N) is 1. The van der Waals surface area contributed by atoms with Crippen molar-refractivity contribution in [3.8, 4) is 0 Å². The monoisotopic (exact) mass is 230 g/mol. The van der Waals surface area contributed by atoms with E-state index in [4.69, 9.17) is 5.73 Å². The van der Waals surface area contributed by atoms with Crippen molar-refractivity contribution < 1.29 is 4.79 Å². The molecule has 1 heterocycles. The minimum absolute atomic E-state index is 0.00778. The predicted octanol–water partition coefficient (Wildman–Crippen LogP) is 1.33. The lowest BCUT2D eigenvalue weighted by Gasteiger charge is -2.23. The van der Waals surface area contributed by atoms with Crippen LogP contribution >= 0.6 is 11.8 Å². The van der Waals surface area contributed by atoms with Crippen LogP contribution in [0.1, 0.15) is 26.7 Å². The third-order valence-electron chi connectivity index (χ3n) is 2.84. The number of rotatable bonds is 3. The molecule has 1 unspecified atom stereocenters. The lowest BCUT2D eigenvalue weighted by atomic mass is 10.0. The second-order valence-electron chi connectivity index (χ2n) is 4.46. The Morgan fingerprint density at radius 1 is 1.40 bits per heavy atom. The average molecular weight is 230 g/mol. The van der Waals surface area contributed by atoms with Crippen LogP contribution in [0, 0.1) is 5.92 Å². The first-order chi connectivity index (χ1) is 7.11. The van der Waals surface area contributed by atoms with Crippen LogP contribution in [-0.4, -0.2) is 41.4 Å². The van der Waals surface area contributed by atoms with E-state index in [1.54, 1.807) is 0 Å². The molecule has 1 fully saturated rings. The van der Waals surface area contributed by atoms with Gasteiger partial charge >= 0.3 is 0 Å². The molecule has 2 N–H and O–H groups in total. The molecule has 0 aromatic carbocycles. The van der Waals surface area contributed by atoms with Crippen molar-refractivity contribution >= 4 is 17.7 Å². The Labute approximate surface area is 96.8 Å². The molecular formula is C11H22N2OS. The van der Waals surface area contributed by atoms with Gasteiger partial charge in [0.15, 0.2) is 0 Å². The van der Waals surface area contributed by atoms with Crippen molar-refractivity contribution in [2.24, 2.45) is 11.7 Å². The molecule has 88 valence electrons. The summed E-state index contributed by atoms with van der Waals surface area (Å²) < 4.78 is 0. The van der Waals surface area contributed by atoms with Crippen LogP contribution in [0.3, 0.4) is 0 Å². The molecule has 1 atom stereocenters. The van der Waals surface area contributed by atoms with Crippen LogP contribution in [-0.2, 0) is 4.79 Å². The zero-order valence-corrected chi connectivity index (χ0v) is 10.6. The highest BCUT2D eigenvalue weighted by atomic mass is 32.2. The van der Waals surface area contributed by atoms with E-state index < -0.39 is 0 Å². The molecule has 0 radical (unpaired) electrons. The highest BCUT2D eigenvalue weighted by molar-refractivity contribution is 7.99. The number of amides is 1. The van der Waals surface area contributed by atoms with Gasteiger partial charge in [0.1, 0.15) is 0 Å². The predicted molar refractivity (Wildman–Crippen MR) is 66.0 cm³/mol. The van der Waals surface area contributed by atoms with Gasteiger partial charge in [0.25, 0.3) is 0 Å². The normalized spacial score (nSPS) is 20.1. The largest absolute Gasteiger partial charge is 0.342 e. The van der Waals surface area contributed by atoms with Crippen molar-refractivity contribution in [3.63, 3.8) is 0 Å². The lowest BCUT2D eigenvalue weighted by Crippen LogP contribution is -2.39. The van der Waals surface area contributed by atoms with Crippen LogP contribution in [0.15, 0.2) is 0 Å². The van der Waals surface area contributed by atoms with Gasteiger partial charge in [-0.2, -0.15) is 11.8 Å². The number of hydrogen-bond acceptors (Lipinski definition) is 3. The smallest absolute Gasteiger partial charge is 0.224 e. The summed E-state index contributed by atoms with van der Waals surface area (Å²) in [5.41, 5.74) is 5.91. The van der Waals surface area contributed by atoms with Gasteiger partial charge in [0.2, 0.25) is 5.91 Å². The summed E-state index contributed by atoms with van der Waals surface area (Å²) in [5.74, 6) is 2.87. The fourth-order valence-corrected chi connectivity index (χ4v) is 2.45. The number of carbonyl (C=O) groups excluding carboxylic acids is 1. The van der Waals surface area contributed by atoms with E-state index in [0.717, 1.165) is 25.3 Å². The van der Waals surface area contributed by atoms with E-state index in [9.17, 15) is 4.79 Å². The molecule has 1 aliphatic rings. The Morgan fingerprint density at radius 2 is 2.13 bits per heavy atom. The summed E-state index contributed by atoms with van der Waals surface area (Å²) in [5, 5.41) is 0. The van der Waals surface area contributed by atoms with Crippen molar-refractivity contribution in [2.45, 2.75) is 32.7 Å². The number of nitrogens with zero attached hydrogens (tertiary/aromatic N) is 1. The molecule has 0 spiro atoms. The maximum absolute atomic E-state index is 11.9. The van der Waals surface area contributed by atoms with E-state index in [-0.39, 0.29) is 11.9 Å². The second-order valence-corrected chi connectivity index (χ2v) is 5.68. The summed E-state index contributed by atoms with van der Waals surface area (Å²) in [7, 11) is 0. The minimum Gasteiger partial charge on any atom is -0.342 e. The Morgan fingerprint density at radius 3 is 2.80 bits per heavy atom. The van der Waals surface area contributed by atoms with Crippen molar-refractivity contribution in [1.82, 2.24) is 4.90 Å². The quantitative estimate of drug-likeness (QED) is 0.795. The maximum atomic E-state index is 11.9. The maximum Gasteiger partial charge on any atom is 0.224 e. The van der Waals surface area contributed by atoms with Crippen molar-refractivity contribution in [1.29, 1.82) is 0 Å². The SMILES string of the molecule is CC(C)C(N)CC(=O)N1CCCSCC1. The number of hydrogen-bond donors (Lipinski definition) is 1. The van der Waals surface area contributed by atoms with E-state index in [2.05, 4.69) is 13.8 Å². The third-order valence-corrected chi connectivity index (χ3v) is 3.89. The van der Waals surface area contributed by atoms with Crippen LogP contribution < -0.4 is 5.73 Å². The van der Waals surface area contributed by atoms with Crippen LogP contribution in [0.25, 0.3) is 0 Å². The Hall–Kier alpha value is -0.220. The van der Waals surface area contributed by atoms with E-state index in [1.807, 2.05) is 16.7 Å². The third kappa shape index (κ3) is 4.43. The molecule has 1 aliphatic heterocycles. The van der Waals surface area contributed by atoms with Gasteiger partial charge in [-0.15, -0.1) is 0 Å². The highest BCUT2D eigenvalue weighted by Crippen LogP contribution is 2.12. The Kier molecular flexibility index (Phi) is 5.47. The summed E-state index contributed by atoms with van der Waals surface area (Å²) in [6.07, 6.45) is 1.62. The summed E-state index contributed by atoms with van der Waals surface area (Å²) in [4.78, 5) is 13.9. The zero-order valence-electron chi connectivity index (χ0n) is 9.74. The highest BCUT2D eigenvalue weighted by Gasteiger charge is 2.19. The molecule has 1 saturated heterocycles. The van der Waals surface area contributed by atoms with Gasteiger partial charge in [-0.3, -0.25) is 4.79 Å². The second kappa shape index (κ2) is 6.38. The van der Waals surface area contributed by atoms with Crippen LogP contribution in [0.4, 0.5) is 0 Å². The minimum atomic E-state index is 0.00778. The van der Waals surface area contributed by atoms with Crippen molar-refractivity contribution in [3.05, 3.63) is 0 Å². The van der Waals surface area contributed by atoms with E-state index >= 15 is 0 Å². The van der Waals surface area contributed by atoms with Gasteiger partial charge in [-0.05, 0) is 18.1 Å². The van der Waals surface area contributed by atoms with Gasteiger partial charge in [-0.25, -0.2) is 0 Å². The van der Waals surface area contributed by atoms with Gasteiger partial charge in [0, 0.05) is 31.3 Å². The topological polar surface area (TPSA) is 46.3 Å².